The summed E-state index contributed by atoms with van der Waals surface area (Å²) in [6.45, 7) is 10.3. The average Bonchev–Trinajstić information content (AvgIpc) is 3.32. The summed E-state index contributed by atoms with van der Waals surface area (Å²) in [5.41, 5.74) is -1.49. The summed E-state index contributed by atoms with van der Waals surface area (Å²) in [4.78, 5) is 24.1. The van der Waals surface area contributed by atoms with E-state index in [1.807, 2.05) is 13.8 Å². The molecule has 1 aliphatic heterocycles. The van der Waals surface area contributed by atoms with Crippen LogP contribution in [0.15, 0.2) is 23.1 Å². The number of sulfonamides is 1. The van der Waals surface area contributed by atoms with Gasteiger partial charge >= 0.3 is 12.3 Å². The van der Waals surface area contributed by atoms with Gasteiger partial charge in [-0.05, 0) is 66.5 Å². The largest absolute Gasteiger partial charge is 0.465 e. The first kappa shape index (κ1) is 31.5. The van der Waals surface area contributed by atoms with Crippen molar-refractivity contribution in [1.29, 1.82) is 0 Å². The van der Waals surface area contributed by atoms with E-state index < -0.39 is 50.7 Å². The molecule has 2 fully saturated rings. The van der Waals surface area contributed by atoms with E-state index in [0.29, 0.717) is 18.9 Å². The lowest BCUT2D eigenvalue weighted by Gasteiger charge is -2.35. The van der Waals surface area contributed by atoms with Crippen LogP contribution < -0.4 is 10.6 Å². The number of fused-ring (bicyclic) bond motifs is 1. The van der Waals surface area contributed by atoms with Crippen LogP contribution in [0.25, 0.3) is 0 Å². The molecule has 0 bridgehead atoms. The van der Waals surface area contributed by atoms with Gasteiger partial charge < -0.3 is 15.7 Å². The Bertz CT molecular complexity index is 1200. The molecule has 1 saturated carbocycles. The van der Waals surface area contributed by atoms with E-state index in [4.69, 9.17) is 11.6 Å². The summed E-state index contributed by atoms with van der Waals surface area (Å²) in [6, 6.07) is 0.809. The topological polar surface area (TPSA) is 116 Å². The van der Waals surface area contributed by atoms with E-state index in [-0.39, 0.29) is 47.2 Å². The molecule has 8 nitrogen and oxygen atoms in total. The number of carboxylic acid groups (broad SMARTS) is 1. The standard InChI is InChI=1S/C26H37ClF3N3O5S/c1-24(2,3)14-25(4,5)11-20(32-23(35)36)22(34)31-19-9-6-15-12-33(13-17(15)19)39(37,38)21-10-16(26(28,29)30)7-8-18(21)27/h7-8,10,15,17,19-20,32H,6,9,11-14H2,1-5H3,(H,31,34)(H,35,36)/t15-,17+,19+,20+/m1/s1. The highest BCUT2D eigenvalue weighted by Crippen LogP contribution is 2.42. The maximum absolute atomic E-state index is 13.3. The normalized spacial score (nSPS) is 23.4. The van der Waals surface area contributed by atoms with Crippen molar-refractivity contribution in [3.05, 3.63) is 28.8 Å². The van der Waals surface area contributed by atoms with Gasteiger partial charge in [-0.2, -0.15) is 17.5 Å². The number of nitrogens with one attached hydrogen (secondary N) is 2. The van der Waals surface area contributed by atoms with Crippen LogP contribution in [0, 0.1) is 22.7 Å². The van der Waals surface area contributed by atoms with Gasteiger partial charge in [0, 0.05) is 19.1 Å². The highest BCUT2D eigenvalue weighted by molar-refractivity contribution is 7.89. The van der Waals surface area contributed by atoms with E-state index in [1.54, 1.807) is 0 Å². The summed E-state index contributed by atoms with van der Waals surface area (Å²) in [5, 5.41) is 14.3. The molecule has 0 aromatic heterocycles. The maximum atomic E-state index is 13.3. The van der Waals surface area contributed by atoms with Crippen LogP contribution in [0.4, 0.5) is 18.0 Å². The highest BCUT2D eigenvalue weighted by atomic mass is 35.5. The second kappa shape index (κ2) is 11.1. The maximum Gasteiger partial charge on any atom is 0.416 e. The van der Waals surface area contributed by atoms with Gasteiger partial charge in [0.1, 0.15) is 10.9 Å². The van der Waals surface area contributed by atoms with Gasteiger partial charge in [-0.15, -0.1) is 0 Å². The molecule has 1 aromatic carbocycles. The fraction of sp³-hybridized carbons (Fsp3) is 0.692. The van der Waals surface area contributed by atoms with E-state index in [0.717, 1.165) is 22.9 Å². The number of hydrogen-bond acceptors (Lipinski definition) is 4. The Morgan fingerprint density at radius 1 is 1.13 bits per heavy atom. The number of carbonyl (C=O) groups is 2. The van der Waals surface area contributed by atoms with Crippen molar-refractivity contribution in [1.82, 2.24) is 14.9 Å². The van der Waals surface area contributed by atoms with Gasteiger partial charge in [0.15, 0.2) is 0 Å². The molecule has 1 heterocycles. The number of benzene rings is 1. The zero-order chi connectivity index (χ0) is 29.6. The molecule has 0 spiro atoms. The third-order valence-corrected chi connectivity index (χ3v) is 9.72. The first-order valence-corrected chi connectivity index (χ1v) is 14.7. The van der Waals surface area contributed by atoms with Gasteiger partial charge in [-0.1, -0.05) is 46.2 Å². The Morgan fingerprint density at radius 2 is 1.77 bits per heavy atom. The highest BCUT2D eigenvalue weighted by Gasteiger charge is 2.48. The lowest BCUT2D eigenvalue weighted by molar-refractivity contribution is -0.137. The van der Waals surface area contributed by atoms with E-state index in [1.165, 1.54) is 0 Å². The van der Waals surface area contributed by atoms with Crippen LogP contribution >= 0.6 is 11.6 Å². The smallest absolute Gasteiger partial charge is 0.416 e. The molecule has 1 aliphatic carbocycles. The molecule has 1 aromatic rings. The van der Waals surface area contributed by atoms with E-state index >= 15 is 0 Å². The minimum atomic E-state index is -4.73. The summed E-state index contributed by atoms with van der Waals surface area (Å²) in [7, 11) is -4.32. The van der Waals surface area contributed by atoms with Crippen LogP contribution in [0.2, 0.25) is 5.02 Å². The zero-order valence-corrected chi connectivity index (χ0v) is 24.3. The van der Waals surface area contributed by atoms with Crippen molar-refractivity contribution in [3.63, 3.8) is 0 Å². The van der Waals surface area contributed by atoms with E-state index in [9.17, 15) is 36.3 Å². The molecule has 220 valence electrons. The quantitative estimate of drug-likeness (QED) is 0.374. The fourth-order valence-corrected chi connectivity index (χ4v) is 8.35. The average molecular weight is 596 g/mol. The Morgan fingerprint density at radius 3 is 2.33 bits per heavy atom. The van der Waals surface area contributed by atoms with Crippen molar-refractivity contribution in [2.75, 3.05) is 13.1 Å². The van der Waals surface area contributed by atoms with Gasteiger partial charge in [0.05, 0.1) is 10.6 Å². The molecule has 13 heteroatoms. The first-order valence-electron chi connectivity index (χ1n) is 12.9. The van der Waals surface area contributed by atoms with Gasteiger partial charge in [0.2, 0.25) is 15.9 Å². The van der Waals surface area contributed by atoms with Crippen LogP contribution in [0.3, 0.4) is 0 Å². The van der Waals surface area contributed by atoms with Crippen molar-refractivity contribution in [2.24, 2.45) is 22.7 Å². The second-order valence-electron chi connectivity index (χ2n) is 12.7. The second-order valence-corrected chi connectivity index (χ2v) is 15.0. The molecule has 2 aliphatic rings. The molecule has 1 saturated heterocycles. The number of halogens is 4. The molecule has 2 amide bonds. The molecule has 3 N–H and O–H groups in total. The minimum absolute atomic E-state index is 0.0110. The van der Waals surface area contributed by atoms with Crippen LogP contribution in [0.5, 0.6) is 0 Å². The molecular formula is C26H37ClF3N3O5S. The Kier molecular flexibility index (Phi) is 8.94. The van der Waals surface area contributed by atoms with Gasteiger partial charge in [-0.3, -0.25) is 4.79 Å². The van der Waals surface area contributed by atoms with Gasteiger partial charge in [-0.25, -0.2) is 13.2 Å². The number of hydrogen-bond donors (Lipinski definition) is 3. The van der Waals surface area contributed by atoms with Crippen molar-refractivity contribution < 1.29 is 36.3 Å². The van der Waals surface area contributed by atoms with Gasteiger partial charge in [0.25, 0.3) is 0 Å². The van der Waals surface area contributed by atoms with Crippen LogP contribution in [-0.2, 0) is 21.0 Å². The van der Waals surface area contributed by atoms with E-state index in [2.05, 4.69) is 31.4 Å². The zero-order valence-electron chi connectivity index (χ0n) is 22.7. The SMILES string of the molecule is CC(C)(C)CC(C)(C)C[C@H](NC(=O)O)C(=O)N[C@H]1CC[C@@H]2CN(S(=O)(=O)c3cc(C(F)(F)F)ccc3Cl)C[C@@H]21. The predicted molar refractivity (Wildman–Crippen MR) is 141 cm³/mol. The molecular weight excluding hydrogens is 559 g/mol. The molecule has 0 unspecified atom stereocenters. The summed E-state index contributed by atoms with van der Waals surface area (Å²) in [6.07, 6.45) is -3.81. The third-order valence-electron chi connectivity index (χ3n) is 7.41. The molecule has 0 radical (unpaired) electrons. The Hall–Kier alpha value is -2.05. The Balaban J connectivity index is 1.75. The number of alkyl halides is 3. The van der Waals surface area contributed by atoms with Crippen LogP contribution in [0.1, 0.15) is 65.9 Å². The summed E-state index contributed by atoms with van der Waals surface area (Å²) >= 11 is 6.01. The minimum Gasteiger partial charge on any atom is -0.465 e. The molecule has 39 heavy (non-hydrogen) atoms. The predicted octanol–water partition coefficient (Wildman–Crippen LogP) is 5.36. The monoisotopic (exact) mass is 595 g/mol. The number of nitrogens with zero attached hydrogens (tertiary/aromatic N) is 1. The number of rotatable bonds is 8. The first-order chi connectivity index (χ1) is 17.7. The third kappa shape index (κ3) is 7.79. The number of carbonyl (C=O) groups excluding carboxylic acids is 1. The lowest BCUT2D eigenvalue weighted by Crippen LogP contribution is -2.52. The number of amides is 2. The van der Waals surface area contributed by atoms with Crippen molar-refractivity contribution >= 4 is 33.6 Å². The summed E-state index contributed by atoms with van der Waals surface area (Å²) < 4.78 is 67.4. The lowest BCUT2D eigenvalue weighted by atomic mass is 9.73. The summed E-state index contributed by atoms with van der Waals surface area (Å²) in [5.74, 6) is -0.841. The molecule has 3 rings (SSSR count). The van der Waals surface area contributed by atoms with Crippen molar-refractivity contribution in [3.8, 4) is 0 Å². The van der Waals surface area contributed by atoms with Crippen molar-refractivity contribution in [2.45, 2.75) is 83.5 Å². The van der Waals surface area contributed by atoms with Crippen LogP contribution in [-0.4, -0.2) is 55.0 Å². The Labute approximate surface area is 232 Å². The fourth-order valence-electron chi connectivity index (χ4n) is 6.32. The molecule has 4 atom stereocenters.